The first-order valence-corrected chi connectivity index (χ1v) is 5.51. The van der Waals surface area contributed by atoms with E-state index in [1.54, 1.807) is 13.2 Å². The van der Waals surface area contributed by atoms with Crippen LogP contribution in [0.15, 0.2) is 6.07 Å². The lowest BCUT2D eigenvalue weighted by atomic mass is 10.0. The first-order valence-electron chi connectivity index (χ1n) is 5.51. The van der Waals surface area contributed by atoms with Crippen LogP contribution in [-0.2, 0) is 0 Å². The van der Waals surface area contributed by atoms with Crippen molar-refractivity contribution >= 4 is 11.8 Å². The van der Waals surface area contributed by atoms with Crippen molar-refractivity contribution in [2.75, 3.05) is 18.2 Å². The summed E-state index contributed by atoms with van der Waals surface area (Å²) >= 11 is 0. The van der Waals surface area contributed by atoms with Gasteiger partial charge in [0.2, 0.25) is 11.8 Å². The summed E-state index contributed by atoms with van der Waals surface area (Å²) in [6.45, 7) is 6.48. The van der Waals surface area contributed by atoms with Gasteiger partial charge < -0.3 is 15.8 Å². The molecule has 0 fully saturated rings. The lowest BCUT2D eigenvalue weighted by Crippen LogP contribution is -2.25. The highest BCUT2D eigenvalue weighted by molar-refractivity contribution is 5.43. The van der Waals surface area contributed by atoms with Crippen molar-refractivity contribution in [2.24, 2.45) is 5.92 Å². The van der Waals surface area contributed by atoms with Crippen molar-refractivity contribution in [3.05, 3.63) is 6.07 Å². The molecular weight excluding hydrogens is 204 g/mol. The average molecular weight is 224 g/mol. The third-order valence-corrected chi connectivity index (χ3v) is 2.51. The van der Waals surface area contributed by atoms with Crippen molar-refractivity contribution in [3.8, 4) is 5.88 Å². The van der Waals surface area contributed by atoms with Crippen LogP contribution in [0.25, 0.3) is 0 Å². The molecule has 1 unspecified atom stereocenters. The zero-order chi connectivity index (χ0) is 12.1. The quantitative estimate of drug-likeness (QED) is 0.799. The molecular formula is C11H20N4O. The Morgan fingerprint density at radius 3 is 2.62 bits per heavy atom. The summed E-state index contributed by atoms with van der Waals surface area (Å²) in [5.74, 6) is 1.95. The van der Waals surface area contributed by atoms with E-state index in [2.05, 4.69) is 36.1 Å². The summed E-state index contributed by atoms with van der Waals surface area (Å²) in [4.78, 5) is 8.06. The molecule has 0 spiro atoms. The fourth-order valence-electron chi connectivity index (χ4n) is 1.55. The summed E-state index contributed by atoms with van der Waals surface area (Å²) in [7, 11) is 1.56. The van der Waals surface area contributed by atoms with Gasteiger partial charge in [-0.15, -0.1) is 0 Å². The number of methoxy groups -OCH3 is 1. The fourth-order valence-corrected chi connectivity index (χ4v) is 1.55. The molecule has 1 atom stereocenters. The Labute approximate surface area is 96.4 Å². The van der Waals surface area contributed by atoms with Crippen LogP contribution in [0.1, 0.15) is 27.2 Å². The second-order valence-corrected chi connectivity index (χ2v) is 4.06. The minimum Gasteiger partial charge on any atom is -0.481 e. The van der Waals surface area contributed by atoms with Crippen molar-refractivity contribution < 1.29 is 4.74 Å². The minimum atomic E-state index is 0.223. The molecule has 0 saturated heterocycles. The highest BCUT2D eigenvalue weighted by Gasteiger charge is 2.12. The Bertz CT molecular complexity index is 341. The molecule has 0 amide bonds. The molecule has 5 heteroatoms. The number of aromatic nitrogens is 2. The van der Waals surface area contributed by atoms with Crippen molar-refractivity contribution in [3.63, 3.8) is 0 Å². The molecule has 1 aromatic heterocycles. The fraction of sp³-hybridized carbons (Fsp3) is 0.636. The molecule has 0 bridgehead atoms. The van der Waals surface area contributed by atoms with Gasteiger partial charge in [-0.1, -0.05) is 20.8 Å². The van der Waals surface area contributed by atoms with E-state index in [1.165, 1.54) is 0 Å². The lowest BCUT2D eigenvalue weighted by molar-refractivity contribution is 0.397. The third-order valence-electron chi connectivity index (χ3n) is 2.51. The molecule has 0 aliphatic rings. The molecule has 90 valence electrons. The SMILES string of the molecule is CCC(Nc1cc(OC)nc(N)n1)C(C)C. The molecule has 0 radical (unpaired) electrons. The zero-order valence-electron chi connectivity index (χ0n) is 10.3. The summed E-state index contributed by atoms with van der Waals surface area (Å²) in [5.41, 5.74) is 5.59. The predicted molar refractivity (Wildman–Crippen MR) is 65.5 cm³/mol. The highest BCUT2D eigenvalue weighted by Crippen LogP contribution is 2.18. The average Bonchev–Trinajstić information content (AvgIpc) is 2.24. The van der Waals surface area contributed by atoms with Gasteiger partial charge in [-0.3, -0.25) is 0 Å². The normalized spacial score (nSPS) is 12.6. The van der Waals surface area contributed by atoms with Crippen LogP contribution in [-0.4, -0.2) is 23.1 Å². The van der Waals surface area contributed by atoms with Crippen LogP contribution in [0.3, 0.4) is 0 Å². The molecule has 0 aromatic carbocycles. The number of hydrogen-bond donors (Lipinski definition) is 2. The van der Waals surface area contributed by atoms with Crippen LogP contribution < -0.4 is 15.8 Å². The van der Waals surface area contributed by atoms with E-state index in [9.17, 15) is 0 Å². The second kappa shape index (κ2) is 5.53. The molecule has 16 heavy (non-hydrogen) atoms. The first-order chi connectivity index (χ1) is 7.56. The molecule has 0 saturated carbocycles. The highest BCUT2D eigenvalue weighted by atomic mass is 16.5. The largest absolute Gasteiger partial charge is 0.481 e. The molecule has 5 nitrogen and oxygen atoms in total. The van der Waals surface area contributed by atoms with E-state index in [-0.39, 0.29) is 5.95 Å². The van der Waals surface area contributed by atoms with Gasteiger partial charge in [0, 0.05) is 12.1 Å². The molecule has 1 aromatic rings. The number of nitrogens with one attached hydrogen (secondary N) is 1. The maximum absolute atomic E-state index is 5.59. The van der Waals surface area contributed by atoms with E-state index in [0.717, 1.165) is 6.42 Å². The second-order valence-electron chi connectivity index (χ2n) is 4.06. The number of nitrogens with zero attached hydrogens (tertiary/aromatic N) is 2. The summed E-state index contributed by atoms with van der Waals surface area (Å²) in [6, 6.07) is 2.13. The van der Waals surface area contributed by atoms with E-state index >= 15 is 0 Å². The minimum absolute atomic E-state index is 0.223. The Balaban J connectivity index is 2.83. The van der Waals surface area contributed by atoms with Gasteiger partial charge in [0.05, 0.1) is 7.11 Å². The number of ether oxygens (including phenoxy) is 1. The molecule has 3 N–H and O–H groups in total. The summed E-state index contributed by atoms with van der Waals surface area (Å²) in [6.07, 6.45) is 1.03. The topological polar surface area (TPSA) is 73.1 Å². The Morgan fingerprint density at radius 2 is 2.12 bits per heavy atom. The van der Waals surface area contributed by atoms with Gasteiger partial charge >= 0.3 is 0 Å². The van der Waals surface area contributed by atoms with Crippen LogP contribution in [0.5, 0.6) is 5.88 Å². The van der Waals surface area contributed by atoms with Crippen LogP contribution in [0.4, 0.5) is 11.8 Å². The van der Waals surface area contributed by atoms with Gasteiger partial charge in [0.1, 0.15) is 5.82 Å². The van der Waals surface area contributed by atoms with Crippen molar-refractivity contribution in [2.45, 2.75) is 33.2 Å². The molecule has 0 aliphatic carbocycles. The zero-order valence-corrected chi connectivity index (χ0v) is 10.3. The predicted octanol–water partition coefficient (Wildman–Crippen LogP) is 1.91. The number of rotatable bonds is 5. The van der Waals surface area contributed by atoms with Crippen molar-refractivity contribution in [1.29, 1.82) is 0 Å². The Morgan fingerprint density at radius 1 is 1.44 bits per heavy atom. The van der Waals surface area contributed by atoms with Gasteiger partial charge in [0.25, 0.3) is 0 Å². The van der Waals surface area contributed by atoms with Crippen LogP contribution in [0.2, 0.25) is 0 Å². The van der Waals surface area contributed by atoms with Crippen LogP contribution >= 0.6 is 0 Å². The third kappa shape index (κ3) is 3.25. The van der Waals surface area contributed by atoms with Gasteiger partial charge in [-0.2, -0.15) is 9.97 Å². The number of anilines is 2. The monoisotopic (exact) mass is 224 g/mol. The standard InChI is InChI=1S/C11H20N4O/c1-5-8(7(2)3)13-9-6-10(16-4)15-11(12)14-9/h6-8H,5H2,1-4H3,(H3,12,13,14,15). The molecule has 1 rings (SSSR count). The van der Waals surface area contributed by atoms with E-state index in [0.29, 0.717) is 23.7 Å². The smallest absolute Gasteiger partial charge is 0.225 e. The van der Waals surface area contributed by atoms with Crippen LogP contribution in [0, 0.1) is 5.92 Å². The Kier molecular flexibility index (Phi) is 4.34. The lowest BCUT2D eigenvalue weighted by Gasteiger charge is -2.21. The molecule has 1 heterocycles. The van der Waals surface area contributed by atoms with Gasteiger partial charge in [-0.05, 0) is 12.3 Å². The first kappa shape index (κ1) is 12.5. The number of nitrogen functional groups attached to an aromatic ring is 1. The van der Waals surface area contributed by atoms with E-state index in [4.69, 9.17) is 10.5 Å². The number of nitrogens with two attached hydrogens (primary N) is 1. The summed E-state index contributed by atoms with van der Waals surface area (Å²) < 4.78 is 5.04. The van der Waals surface area contributed by atoms with E-state index < -0.39 is 0 Å². The van der Waals surface area contributed by atoms with Crippen molar-refractivity contribution in [1.82, 2.24) is 9.97 Å². The van der Waals surface area contributed by atoms with Gasteiger partial charge in [0.15, 0.2) is 0 Å². The summed E-state index contributed by atoms with van der Waals surface area (Å²) in [5, 5.41) is 3.33. The van der Waals surface area contributed by atoms with Gasteiger partial charge in [-0.25, -0.2) is 0 Å². The van der Waals surface area contributed by atoms with E-state index in [1.807, 2.05) is 0 Å². The maximum atomic E-state index is 5.59. The maximum Gasteiger partial charge on any atom is 0.225 e. The number of hydrogen-bond acceptors (Lipinski definition) is 5. The Hall–Kier alpha value is -1.52. The molecule has 0 aliphatic heterocycles.